The predicted molar refractivity (Wildman–Crippen MR) is 116 cm³/mol. The first kappa shape index (κ1) is 20.8. The van der Waals surface area contributed by atoms with E-state index >= 15 is 0 Å². The molecule has 28 heavy (non-hydrogen) atoms. The molecule has 0 fully saturated rings. The van der Waals surface area contributed by atoms with Gasteiger partial charge in [-0.05, 0) is 38.5 Å². The van der Waals surface area contributed by atoms with Crippen molar-refractivity contribution >= 4 is 11.8 Å². The molecule has 4 nitrogen and oxygen atoms in total. The van der Waals surface area contributed by atoms with E-state index in [4.69, 9.17) is 17.9 Å². The van der Waals surface area contributed by atoms with Crippen molar-refractivity contribution in [3.05, 3.63) is 106 Å². The molecular weight excluding hydrogens is 346 g/mol. The second-order valence-electron chi connectivity index (χ2n) is 7.10. The van der Waals surface area contributed by atoms with E-state index < -0.39 is 5.60 Å². The summed E-state index contributed by atoms with van der Waals surface area (Å²) in [5.41, 5.74) is 3.28. The van der Waals surface area contributed by atoms with Crippen LogP contribution in [0.4, 0.5) is 5.69 Å². The summed E-state index contributed by atoms with van der Waals surface area (Å²) in [5, 5.41) is 0. The molecule has 2 rings (SSSR count). The van der Waals surface area contributed by atoms with Crippen molar-refractivity contribution in [2.24, 2.45) is 0 Å². The number of benzene rings is 1. The van der Waals surface area contributed by atoms with Gasteiger partial charge in [0.25, 0.3) is 0 Å². The smallest absolute Gasteiger partial charge is 0.224 e. The monoisotopic (exact) mass is 371 g/mol. The van der Waals surface area contributed by atoms with Gasteiger partial charge in [-0.15, -0.1) is 0 Å². The Balaban J connectivity index is 2.12. The Kier molecular flexibility index (Phi) is 6.64. The van der Waals surface area contributed by atoms with Gasteiger partial charge in [0, 0.05) is 25.4 Å². The van der Waals surface area contributed by atoms with Gasteiger partial charge < -0.3 is 9.64 Å². The van der Waals surface area contributed by atoms with Gasteiger partial charge in [0.2, 0.25) is 5.70 Å². The summed E-state index contributed by atoms with van der Waals surface area (Å²) >= 11 is 0. The van der Waals surface area contributed by atoms with Crippen molar-refractivity contribution in [3.63, 3.8) is 0 Å². The second-order valence-corrected chi connectivity index (χ2v) is 7.10. The molecule has 1 heterocycles. The zero-order valence-corrected chi connectivity index (χ0v) is 17.0. The minimum Gasteiger partial charge on any atom is -0.507 e. The Morgan fingerprint density at radius 3 is 2.14 bits per heavy atom. The maximum Gasteiger partial charge on any atom is 0.224 e. The van der Waals surface area contributed by atoms with Gasteiger partial charge in [-0.2, -0.15) is 0 Å². The van der Waals surface area contributed by atoms with Gasteiger partial charge in [0.15, 0.2) is 5.70 Å². The molecule has 142 valence electrons. The highest BCUT2D eigenvalue weighted by molar-refractivity contribution is 5.57. The van der Waals surface area contributed by atoms with E-state index in [0.29, 0.717) is 17.2 Å². The van der Waals surface area contributed by atoms with Crippen molar-refractivity contribution in [3.8, 4) is 0 Å². The van der Waals surface area contributed by atoms with Crippen LogP contribution in [0.2, 0.25) is 0 Å². The average molecular weight is 371 g/mol. The summed E-state index contributed by atoms with van der Waals surface area (Å²) in [6, 6.07) is 8.32. The first-order valence-corrected chi connectivity index (χ1v) is 8.99. The Labute approximate surface area is 168 Å². The third-order valence-electron chi connectivity index (χ3n) is 4.38. The molecule has 0 N–H and O–H groups in total. The fourth-order valence-corrected chi connectivity index (χ4v) is 2.78. The van der Waals surface area contributed by atoms with Crippen LogP contribution in [0.1, 0.15) is 26.3 Å². The lowest BCUT2D eigenvalue weighted by Gasteiger charge is -2.22. The van der Waals surface area contributed by atoms with E-state index in [1.165, 1.54) is 5.69 Å². The van der Waals surface area contributed by atoms with Gasteiger partial charge in [-0.1, -0.05) is 48.6 Å². The molecule has 0 saturated carbocycles. The summed E-state index contributed by atoms with van der Waals surface area (Å²) in [7, 11) is 4.04. The number of hydrogen-bond donors (Lipinski definition) is 0. The van der Waals surface area contributed by atoms with Gasteiger partial charge in [0.1, 0.15) is 11.4 Å². The molecule has 0 radical (unpaired) electrons. The van der Waals surface area contributed by atoms with Crippen LogP contribution in [0.3, 0.4) is 0 Å². The molecule has 0 amide bonds. The molecule has 1 aromatic carbocycles. The molecule has 0 atom stereocenters. The van der Waals surface area contributed by atoms with Crippen LogP contribution >= 0.6 is 0 Å². The molecule has 0 saturated heterocycles. The number of allylic oxidation sites excluding steroid dienone is 5. The van der Waals surface area contributed by atoms with E-state index in [1.54, 1.807) is 6.92 Å². The summed E-state index contributed by atoms with van der Waals surface area (Å²) < 4.78 is 5.87. The Morgan fingerprint density at radius 2 is 1.61 bits per heavy atom. The van der Waals surface area contributed by atoms with Crippen LogP contribution in [-0.4, -0.2) is 19.7 Å². The van der Waals surface area contributed by atoms with Crippen LogP contribution in [0.5, 0.6) is 0 Å². The molecule has 0 unspecified atom stereocenters. The Morgan fingerprint density at radius 1 is 1.00 bits per heavy atom. The normalized spacial score (nSPS) is 17.8. The SMILES string of the molecule is [C-]#[N+]C(C)=C1OC(C)(C)C(C=CC=CC=Cc2ccc(N(C)C)cc2)=C1[N+]#[C-]. The molecule has 0 aromatic heterocycles. The fourth-order valence-electron chi connectivity index (χ4n) is 2.78. The van der Waals surface area contributed by atoms with Crippen LogP contribution in [0.15, 0.2) is 77.4 Å². The van der Waals surface area contributed by atoms with Crippen LogP contribution < -0.4 is 4.90 Å². The molecule has 0 aliphatic carbocycles. The minimum absolute atomic E-state index is 0.389. The molecule has 0 bridgehead atoms. The van der Waals surface area contributed by atoms with Gasteiger partial charge in [-0.25, -0.2) is 9.69 Å². The Hall–Kier alpha value is -3.50. The largest absolute Gasteiger partial charge is 0.507 e. The highest BCUT2D eigenvalue weighted by Crippen LogP contribution is 2.41. The first-order valence-electron chi connectivity index (χ1n) is 8.99. The molecule has 1 aromatic rings. The van der Waals surface area contributed by atoms with Gasteiger partial charge in [-0.3, -0.25) is 0 Å². The van der Waals surface area contributed by atoms with Crippen molar-refractivity contribution in [2.45, 2.75) is 26.4 Å². The highest BCUT2D eigenvalue weighted by atomic mass is 16.5. The number of ether oxygens (including phenoxy) is 1. The van der Waals surface area contributed by atoms with Gasteiger partial charge in [0.05, 0.1) is 13.1 Å². The standard InChI is InChI=1S/C24H25N3O/c1-18(25-4)23-22(26-5)21(24(2,3)28-23)13-11-9-8-10-12-19-14-16-20(17-15-19)27(6)7/h8-17H,1-3,6-7H3. The lowest BCUT2D eigenvalue weighted by Crippen LogP contribution is -2.20. The highest BCUT2D eigenvalue weighted by Gasteiger charge is 2.37. The third-order valence-corrected chi connectivity index (χ3v) is 4.38. The Bertz CT molecular complexity index is 957. The van der Waals surface area contributed by atoms with E-state index in [-0.39, 0.29) is 0 Å². The zero-order chi connectivity index (χ0) is 20.7. The second kappa shape index (κ2) is 8.93. The van der Waals surface area contributed by atoms with E-state index in [1.807, 2.05) is 64.4 Å². The van der Waals surface area contributed by atoms with Crippen LogP contribution in [0, 0.1) is 13.1 Å². The molecule has 1 aliphatic heterocycles. The quantitative estimate of drug-likeness (QED) is 0.467. The molecule has 0 spiro atoms. The maximum atomic E-state index is 7.47. The number of anilines is 1. The molecular formula is C24H25N3O. The zero-order valence-electron chi connectivity index (χ0n) is 17.0. The maximum absolute atomic E-state index is 7.47. The third kappa shape index (κ3) is 4.81. The number of hydrogen-bond acceptors (Lipinski definition) is 2. The van der Waals surface area contributed by atoms with E-state index in [9.17, 15) is 0 Å². The predicted octanol–water partition coefficient (Wildman–Crippen LogP) is 6.01. The summed E-state index contributed by atoms with van der Waals surface area (Å²) in [4.78, 5) is 9.08. The summed E-state index contributed by atoms with van der Waals surface area (Å²) in [6.45, 7) is 20.1. The number of rotatable bonds is 5. The number of nitrogens with zero attached hydrogens (tertiary/aromatic N) is 3. The van der Waals surface area contributed by atoms with Crippen LogP contribution in [-0.2, 0) is 4.74 Å². The van der Waals surface area contributed by atoms with E-state index in [2.05, 4.69) is 38.9 Å². The minimum atomic E-state index is -0.629. The van der Waals surface area contributed by atoms with E-state index in [0.717, 1.165) is 11.1 Å². The van der Waals surface area contributed by atoms with Crippen molar-refractivity contribution in [1.82, 2.24) is 0 Å². The average Bonchev–Trinajstić information content (AvgIpc) is 2.94. The molecule has 4 heteroatoms. The summed E-state index contributed by atoms with van der Waals surface area (Å²) in [6.07, 6.45) is 11.6. The lowest BCUT2D eigenvalue weighted by molar-refractivity contribution is 0.0946. The molecule has 1 aliphatic rings. The first-order chi connectivity index (χ1) is 13.3. The summed E-state index contributed by atoms with van der Waals surface area (Å²) in [5.74, 6) is 0.389. The van der Waals surface area contributed by atoms with Crippen molar-refractivity contribution < 1.29 is 4.74 Å². The topological polar surface area (TPSA) is 21.2 Å². The van der Waals surface area contributed by atoms with Crippen molar-refractivity contribution in [2.75, 3.05) is 19.0 Å². The lowest BCUT2D eigenvalue weighted by atomic mass is 9.97. The van der Waals surface area contributed by atoms with Crippen LogP contribution in [0.25, 0.3) is 15.8 Å². The van der Waals surface area contributed by atoms with Crippen molar-refractivity contribution in [1.29, 1.82) is 0 Å². The van der Waals surface area contributed by atoms with Gasteiger partial charge >= 0.3 is 0 Å². The fraction of sp³-hybridized carbons (Fsp3) is 0.250.